The standard InChI is InChI=1S/C29H28N2O2.C23H22N2O2.C12H19NO/c1-19-7-8-20(2)31(19)23-10-13-24(14-11-23)32-25-12-9-22-17-30-18-27(26(22)16-25)29-15-21-5-3-4-6-28(21)33-29;24-17-6-9-18(10-7-17)26-19-8-5-16-13-25-14-21(20(16)12-19)23-11-15-3-1-2-4-22(15)27-23;1-9-3-4-10(2)13(9)11-5-7-12(14)8-6-11/h3-9,12,15-18,23-24H,10-11,13-14H2,1-2H3;1-5,8,11-14,17-18H,6-7,9-10,24H2;3-4,11-12,14H,5-8H2,1-2H3. The van der Waals surface area contributed by atoms with E-state index in [-0.39, 0.29) is 18.3 Å². The number of ether oxygens (including phenoxy) is 2. The van der Waals surface area contributed by atoms with Gasteiger partial charge in [0.15, 0.2) is 0 Å². The second kappa shape index (κ2) is 21.8. The fraction of sp³-hybridized carbons (Fsp3) is 0.344. The summed E-state index contributed by atoms with van der Waals surface area (Å²) in [6.45, 7) is 8.74. The Balaban J connectivity index is 0.000000129. The molecular formula is C64H69N5O5. The van der Waals surface area contributed by atoms with E-state index in [2.05, 4.69) is 126 Å². The molecule has 10 heteroatoms. The summed E-state index contributed by atoms with van der Waals surface area (Å²) in [4.78, 5) is 8.85. The second-order valence-corrected chi connectivity index (χ2v) is 21.1. The smallest absolute Gasteiger partial charge is 0.137 e. The van der Waals surface area contributed by atoms with Crippen molar-refractivity contribution >= 4 is 43.5 Å². The SMILES string of the molecule is Cc1ccc(C)n1C1CCC(O)CC1.Cc1ccc(C)n1C1CCC(Oc2ccc3cncc(-c4cc5ccccc5o4)c3c2)CC1.NC1CCC(Oc2ccc3cncc(-c4cc5ccccc5o4)c3c2)CC1. The molecule has 3 aliphatic carbocycles. The average Bonchev–Trinajstić information content (AvgIpc) is 4.22. The number of hydrogen-bond acceptors (Lipinski definition) is 8. The van der Waals surface area contributed by atoms with Crippen LogP contribution in [0.25, 0.3) is 66.1 Å². The number of nitrogens with zero attached hydrogens (tertiary/aromatic N) is 4. The molecule has 6 heterocycles. The van der Waals surface area contributed by atoms with E-state index in [1.165, 1.54) is 22.8 Å². The first-order valence-electron chi connectivity index (χ1n) is 26.9. The van der Waals surface area contributed by atoms with E-state index in [0.29, 0.717) is 18.1 Å². The summed E-state index contributed by atoms with van der Waals surface area (Å²) in [6.07, 6.45) is 20.7. The molecule has 0 aliphatic heterocycles. The Morgan fingerprint density at radius 1 is 0.459 bits per heavy atom. The Kier molecular flexibility index (Phi) is 14.4. The van der Waals surface area contributed by atoms with Crippen LogP contribution in [-0.2, 0) is 0 Å². The van der Waals surface area contributed by atoms with Crippen LogP contribution < -0.4 is 15.2 Å². The van der Waals surface area contributed by atoms with Crippen molar-refractivity contribution in [2.75, 3.05) is 0 Å². The van der Waals surface area contributed by atoms with Crippen molar-refractivity contribution in [1.82, 2.24) is 19.1 Å². The number of aliphatic hydroxyl groups excluding tert-OH is 1. The average molecular weight is 988 g/mol. The molecule has 3 fully saturated rings. The Morgan fingerprint density at radius 2 is 0.865 bits per heavy atom. The molecule has 10 aromatic rings. The molecule has 3 saturated carbocycles. The van der Waals surface area contributed by atoms with Crippen LogP contribution in [0.15, 0.2) is 155 Å². The summed E-state index contributed by atoms with van der Waals surface area (Å²) in [5.41, 5.74) is 15.2. The highest BCUT2D eigenvalue weighted by Gasteiger charge is 2.26. The zero-order chi connectivity index (χ0) is 50.7. The Bertz CT molecular complexity index is 3400. The first-order valence-corrected chi connectivity index (χ1v) is 26.9. The van der Waals surface area contributed by atoms with Crippen LogP contribution >= 0.6 is 0 Å². The van der Waals surface area contributed by atoms with Crippen LogP contribution in [0.2, 0.25) is 0 Å². The third-order valence-corrected chi connectivity index (χ3v) is 15.9. The maximum absolute atomic E-state index is 9.45. The van der Waals surface area contributed by atoms with E-state index in [9.17, 15) is 5.11 Å². The van der Waals surface area contributed by atoms with Gasteiger partial charge < -0.3 is 38.3 Å². The number of furan rings is 2. The van der Waals surface area contributed by atoms with Gasteiger partial charge in [-0.2, -0.15) is 0 Å². The van der Waals surface area contributed by atoms with Gasteiger partial charge in [-0.05, 0) is 200 Å². The highest BCUT2D eigenvalue weighted by Crippen LogP contribution is 2.39. The maximum Gasteiger partial charge on any atom is 0.137 e. The largest absolute Gasteiger partial charge is 0.490 e. The van der Waals surface area contributed by atoms with Gasteiger partial charge in [-0.3, -0.25) is 9.97 Å². The van der Waals surface area contributed by atoms with Crippen LogP contribution in [-0.4, -0.2) is 48.6 Å². The lowest BCUT2D eigenvalue weighted by Crippen LogP contribution is -2.31. The lowest BCUT2D eigenvalue weighted by Gasteiger charge is -2.31. The quantitative estimate of drug-likeness (QED) is 0.154. The predicted molar refractivity (Wildman–Crippen MR) is 298 cm³/mol. The van der Waals surface area contributed by atoms with E-state index in [1.807, 2.05) is 67.3 Å². The van der Waals surface area contributed by atoms with Crippen molar-refractivity contribution in [1.29, 1.82) is 0 Å². The summed E-state index contributed by atoms with van der Waals surface area (Å²) in [7, 11) is 0. The number of nitrogens with two attached hydrogens (primary N) is 1. The number of benzene rings is 4. The molecule has 0 bridgehead atoms. The van der Waals surface area contributed by atoms with Gasteiger partial charge in [0.05, 0.1) is 18.3 Å². The van der Waals surface area contributed by atoms with Crippen LogP contribution in [0.3, 0.4) is 0 Å². The number of rotatable bonds is 8. The van der Waals surface area contributed by atoms with Gasteiger partial charge in [0.25, 0.3) is 0 Å². The zero-order valence-corrected chi connectivity index (χ0v) is 43.3. The summed E-state index contributed by atoms with van der Waals surface area (Å²) >= 11 is 0. The highest BCUT2D eigenvalue weighted by molar-refractivity contribution is 5.98. The monoisotopic (exact) mass is 988 g/mol. The van der Waals surface area contributed by atoms with Gasteiger partial charge >= 0.3 is 0 Å². The van der Waals surface area contributed by atoms with Gasteiger partial charge in [0.1, 0.15) is 34.2 Å². The van der Waals surface area contributed by atoms with Crippen LogP contribution in [0.5, 0.6) is 11.5 Å². The summed E-state index contributed by atoms with van der Waals surface area (Å²) in [5, 5.41) is 16.0. The number of aryl methyl sites for hydroxylation is 4. The molecule has 3 N–H and O–H groups in total. The lowest BCUT2D eigenvalue weighted by atomic mass is 9.92. The van der Waals surface area contributed by atoms with E-state index in [4.69, 9.17) is 24.0 Å². The van der Waals surface area contributed by atoms with E-state index in [1.54, 1.807) is 0 Å². The van der Waals surface area contributed by atoms with Crippen molar-refractivity contribution in [3.8, 4) is 34.1 Å². The van der Waals surface area contributed by atoms with Crippen molar-refractivity contribution in [2.24, 2.45) is 5.73 Å². The normalized spacial score (nSPS) is 21.0. The lowest BCUT2D eigenvalue weighted by molar-refractivity contribution is 0.110. The first kappa shape index (κ1) is 49.1. The molecule has 13 rings (SSSR count). The van der Waals surface area contributed by atoms with Crippen molar-refractivity contribution in [3.05, 3.63) is 169 Å². The Hall–Kier alpha value is -7.14. The molecule has 0 radical (unpaired) electrons. The van der Waals surface area contributed by atoms with Gasteiger partial charge in [-0.25, -0.2) is 0 Å². The molecule has 0 saturated heterocycles. The molecule has 3 aliphatic rings. The molecule has 0 spiro atoms. The van der Waals surface area contributed by atoms with E-state index >= 15 is 0 Å². The number of hydrogen-bond donors (Lipinski definition) is 2. The van der Waals surface area contributed by atoms with Crippen LogP contribution in [0.1, 0.15) is 112 Å². The van der Waals surface area contributed by atoms with Gasteiger partial charge in [0, 0.05) is 98.4 Å². The number of aliphatic hydroxyl groups is 1. The van der Waals surface area contributed by atoms with Gasteiger partial charge in [0.2, 0.25) is 0 Å². The molecule has 0 atom stereocenters. The van der Waals surface area contributed by atoms with Crippen LogP contribution in [0, 0.1) is 27.7 Å². The summed E-state index contributed by atoms with van der Waals surface area (Å²) in [5.74, 6) is 3.48. The number of pyridine rings is 2. The molecule has 4 aromatic carbocycles. The van der Waals surface area contributed by atoms with E-state index < -0.39 is 0 Å². The summed E-state index contributed by atoms with van der Waals surface area (Å²) in [6, 6.07) is 43.2. The second-order valence-electron chi connectivity index (χ2n) is 21.1. The Morgan fingerprint density at radius 3 is 1.30 bits per heavy atom. The fourth-order valence-electron chi connectivity index (χ4n) is 11.9. The number of aromatic nitrogens is 4. The van der Waals surface area contributed by atoms with E-state index in [0.717, 1.165) is 155 Å². The van der Waals surface area contributed by atoms with Gasteiger partial charge in [-0.15, -0.1) is 0 Å². The van der Waals surface area contributed by atoms with Crippen molar-refractivity contribution in [2.45, 2.75) is 141 Å². The van der Waals surface area contributed by atoms with Crippen LogP contribution in [0.4, 0.5) is 0 Å². The van der Waals surface area contributed by atoms with Crippen molar-refractivity contribution in [3.63, 3.8) is 0 Å². The third kappa shape index (κ3) is 10.8. The summed E-state index contributed by atoms with van der Waals surface area (Å²) < 4.78 is 29.9. The fourth-order valence-corrected chi connectivity index (χ4v) is 11.9. The molecule has 6 aromatic heterocycles. The molecule has 0 amide bonds. The third-order valence-electron chi connectivity index (χ3n) is 15.9. The molecule has 0 unspecified atom stereocenters. The zero-order valence-electron chi connectivity index (χ0n) is 43.3. The minimum absolute atomic E-state index is 0.0533. The number of para-hydroxylation sites is 2. The predicted octanol–water partition coefficient (Wildman–Crippen LogP) is 15.5. The topological polar surface area (TPSA) is 127 Å². The minimum atomic E-state index is -0.0533. The number of fused-ring (bicyclic) bond motifs is 4. The molecule has 380 valence electrons. The molecular weight excluding hydrogens is 919 g/mol. The first-order chi connectivity index (χ1) is 36.1. The minimum Gasteiger partial charge on any atom is -0.490 e. The molecule has 74 heavy (non-hydrogen) atoms. The highest BCUT2D eigenvalue weighted by atomic mass is 16.5. The van der Waals surface area contributed by atoms with Gasteiger partial charge in [-0.1, -0.05) is 36.4 Å². The Labute approximate surface area is 434 Å². The van der Waals surface area contributed by atoms with Crippen molar-refractivity contribution < 1.29 is 23.4 Å². The maximum atomic E-state index is 9.45. The molecule has 10 nitrogen and oxygen atoms in total.